The summed E-state index contributed by atoms with van der Waals surface area (Å²) in [5, 5.41) is 0. The second-order valence-electron chi connectivity index (χ2n) is 6.03. The fourth-order valence-corrected chi connectivity index (χ4v) is 4.39. The summed E-state index contributed by atoms with van der Waals surface area (Å²) in [6.07, 6.45) is 0.492. The van der Waals surface area contributed by atoms with Crippen molar-refractivity contribution in [1.29, 1.82) is 0 Å². The quantitative estimate of drug-likeness (QED) is 0.716. The van der Waals surface area contributed by atoms with Gasteiger partial charge in [0.1, 0.15) is 0 Å². The van der Waals surface area contributed by atoms with Crippen LogP contribution in [-0.4, -0.2) is 67.2 Å². The second kappa shape index (κ2) is 7.24. The molecule has 1 unspecified atom stereocenters. The van der Waals surface area contributed by atoms with Crippen molar-refractivity contribution in [2.75, 3.05) is 31.1 Å². The maximum absolute atomic E-state index is 12.4. The van der Waals surface area contributed by atoms with E-state index in [2.05, 4.69) is 0 Å². The molecule has 1 fully saturated rings. The zero-order valence-corrected chi connectivity index (χ0v) is 14.1. The van der Waals surface area contributed by atoms with Crippen LogP contribution in [0.5, 0.6) is 0 Å². The van der Waals surface area contributed by atoms with Gasteiger partial charge >= 0.3 is 0 Å². The first-order chi connectivity index (χ1) is 9.66. The third-order valence-corrected chi connectivity index (χ3v) is 5.42. The molecule has 1 atom stereocenters. The van der Waals surface area contributed by atoms with Gasteiger partial charge in [0.05, 0.1) is 18.1 Å². The average Bonchev–Trinajstić information content (AvgIpc) is 2.69. The molecule has 7 heteroatoms. The number of likely N-dealkylation sites (N-methyl/N-ethyl adjacent to an activating group) is 1. The van der Waals surface area contributed by atoms with E-state index in [-0.39, 0.29) is 41.8 Å². The van der Waals surface area contributed by atoms with Crippen molar-refractivity contribution in [2.45, 2.75) is 40.2 Å². The van der Waals surface area contributed by atoms with Gasteiger partial charge < -0.3 is 9.80 Å². The molecule has 1 aliphatic heterocycles. The molecule has 0 aliphatic carbocycles. The number of carbonyl (C=O) groups excluding carboxylic acids is 2. The van der Waals surface area contributed by atoms with Gasteiger partial charge in [-0.25, -0.2) is 8.42 Å². The van der Waals surface area contributed by atoms with Gasteiger partial charge in [0.2, 0.25) is 11.8 Å². The molecule has 21 heavy (non-hydrogen) atoms. The van der Waals surface area contributed by atoms with Crippen LogP contribution in [0.4, 0.5) is 0 Å². The highest BCUT2D eigenvalue weighted by molar-refractivity contribution is 7.91. The fraction of sp³-hybridized carbons (Fsp3) is 0.857. The van der Waals surface area contributed by atoms with Crippen LogP contribution in [0.2, 0.25) is 0 Å². The molecule has 0 aromatic carbocycles. The highest BCUT2D eigenvalue weighted by atomic mass is 32.2. The number of hydrogen-bond donors (Lipinski definition) is 0. The van der Waals surface area contributed by atoms with Crippen LogP contribution in [0.3, 0.4) is 0 Å². The molecule has 0 N–H and O–H groups in total. The van der Waals surface area contributed by atoms with Gasteiger partial charge in [-0.15, -0.1) is 0 Å². The molecule has 0 aromatic heterocycles. The van der Waals surface area contributed by atoms with Crippen molar-refractivity contribution in [2.24, 2.45) is 5.92 Å². The molecule has 122 valence electrons. The van der Waals surface area contributed by atoms with Crippen molar-refractivity contribution < 1.29 is 18.0 Å². The van der Waals surface area contributed by atoms with E-state index in [4.69, 9.17) is 0 Å². The lowest BCUT2D eigenvalue weighted by Crippen LogP contribution is -2.47. The Morgan fingerprint density at radius 2 is 1.90 bits per heavy atom. The van der Waals surface area contributed by atoms with E-state index in [0.29, 0.717) is 19.5 Å². The van der Waals surface area contributed by atoms with Gasteiger partial charge in [0, 0.05) is 26.1 Å². The van der Waals surface area contributed by atoms with Crippen LogP contribution in [0.1, 0.15) is 34.1 Å². The van der Waals surface area contributed by atoms with Crippen LogP contribution < -0.4 is 0 Å². The van der Waals surface area contributed by atoms with Crippen molar-refractivity contribution in [3.05, 3.63) is 0 Å². The Morgan fingerprint density at radius 1 is 1.29 bits per heavy atom. The van der Waals surface area contributed by atoms with Crippen molar-refractivity contribution in [3.8, 4) is 0 Å². The van der Waals surface area contributed by atoms with Crippen LogP contribution in [0.15, 0.2) is 0 Å². The largest absolute Gasteiger partial charge is 0.337 e. The van der Waals surface area contributed by atoms with Crippen LogP contribution >= 0.6 is 0 Å². The van der Waals surface area contributed by atoms with E-state index >= 15 is 0 Å². The molecule has 1 saturated heterocycles. The Hall–Kier alpha value is -1.11. The smallest absolute Gasteiger partial charge is 0.242 e. The minimum Gasteiger partial charge on any atom is -0.337 e. The Morgan fingerprint density at radius 3 is 2.29 bits per heavy atom. The topological polar surface area (TPSA) is 74.8 Å². The summed E-state index contributed by atoms with van der Waals surface area (Å²) in [5.74, 6) is 0.159. The van der Waals surface area contributed by atoms with Gasteiger partial charge in [0.25, 0.3) is 0 Å². The Balaban J connectivity index is 2.72. The molecule has 0 bridgehead atoms. The van der Waals surface area contributed by atoms with Crippen LogP contribution in [-0.2, 0) is 19.4 Å². The molecule has 1 heterocycles. The predicted molar refractivity (Wildman–Crippen MR) is 81.5 cm³/mol. The predicted octanol–water partition coefficient (Wildman–Crippen LogP) is 0.527. The van der Waals surface area contributed by atoms with E-state index in [9.17, 15) is 18.0 Å². The summed E-state index contributed by atoms with van der Waals surface area (Å²) in [7, 11) is -3.02. The molecule has 2 amide bonds. The third kappa shape index (κ3) is 5.30. The third-order valence-electron chi connectivity index (χ3n) is 3.67. The minimum atomic E-state index is -3.02. The van der Waals surface area contributed by atoms with Gasteiger partial charge in [-0.1, -0.05) is 13.8 Å². The zero-order valence-electron chi connectivity index (χ0n) is 13.3. The Labute approximate surface area is 127 Å². The number of carbonyl (C=O) groups is 2. The standard InChI is InChI=1S/C14H26N2O4S/c1-5-16(13-6-7-21(19,20)10-13)14(18)9-15(12(4)17)8-11(2)3/h11,13H,5-10H2,1-4H3. The monoisotopic (exact) mass is 318 g/mol. The fourth-order valence-electron chi connectivity index (χ4n) is 2.66. The lowest BCUT2D eigenvalue weighted by atomic mass is 10.2. The van der Waals surface area contributed by atoms with Crippen molar-refractivity contribution in [1.82, 2.24) is 9.80 Å². The summed E-state index contributed by atoms with van der Waals surface area (Å²) in [5.41, 5.74) is 0. The van der Waals surface area contributed by atoms with E-state index in [0.717, 1.165) is 0 Å². The SMILES string of the molecule is CCN(C(=O)CN(CC(C)C)C(C)=O)C1CCS(=O)(=O)C1. The number of hydrogen-bond acceptors (Lipinski definition) is 4. The van der Waals surface area contributed by atoms with Gasteiger partial charge in [0.15, 0.2) is 9.84 Å². The summed E-state index contributed by atoms with van der Waals surface area (Å²) in [4.78, 5) is 27.1. The normalized spacial score (nSPS) is 20.5. The summed E-state index contributed by atoms with van der Waals surface area (Å²) in [6, 6.07) is -0.250. The highest BCUT2D eigenvalue weighted by Gasteiger charge is 2.34. The first-order valence-corrected chi connectivity index (χ1v) is 9.23. The second-order valence-corrected chi connectivity index (χ2v) is 8.26. The average molecular weight is 318 g/mol. The highest BCUT2D eigenvalue weighted by Crippen LogP contribution is 2.18. The maximum atomic E-state index is 12.4. The zero-order chi connectivity index (χ0) is 16.2. The van der Waals surface area contributed by atoms with E-state index in [1.54, 1.807) is 4.90 Å². The van der Waals surface area contributed by atoms with Crippen molar-refractivity contribution in [3.63, 3.8) is 0 Å². The van der Waals surface area contributed by atoms with E-state index in [1.807, 2.05) is 20.8 Å². The summed E-state index contributed by atoms with van der Waals surface area (Å²) in [6.45, 7) is 8.28. The van der Waals surface area contributed by atoms with Crippen LogP contribution in [0, 0.1) is 5.92 Å². The molecular weight excluding hydrogens is 292 g/mol. The van der Waals surface area contributed by atoms with Crippen LogP contribution in [0.25, 0.3) is 0 Å². The molecule has 6 nitrogen and oxygen atoms in total. The Kier molecular flexibility index (Phi) is 6.19. The maximum Gasteiger partial charge on any atom is 0.242 e. The van der Waals surface area contributed by atoms with Crippen molar-refractivity contribution >= 4 is 21.7 Å². The molecule has 0 radical (unpaired) electrons. The summed E-state index contributed by atoms with van der Waals surface area (Å²) < 4.78 is 23.1. The van der Waals surface area contributed by atoms with E-state index < -0.39 is 9.84 Å². The number of amides is 2. The number of sulfone groups is 1. The Bertz CT molecular complexity index is 487. The number of nitrogens with zero attached hydrogens (tertiary/aromatic N) is 2. The summed E-state index contributed by atoms with van der Waals surface area (Å²) >= 11 is 0. The molecule has 0 spiro atoms. The van der Waals surface area contributed by atoms with Gasteiger partial charge in [-0.3, -0.25) is 9.59 Å². The molecule has 0 saturated carbocycles. The minimum absolute atomic E-state index is 0.0257. The molecular formula is C14H26N2O4S. The molecule has 0 aromatic rings. The van der Waals surface area contributed by atoms with Gasteiger partial charge in [-0.05, 0) is 19.3 Å². The van der Waals surface area contributed by atoms with Gasteiger partial charge in [-0.2, -0.15) is 0 Å². The lowest BCUT2D eigenvalue weighted by Gasteiger charge is -2.30. The lowest BCUT2D eigenvalue weighted by molar-refractivity contribution is -0.140. The first-order valence-electron chi connectivity index (χ1n) is 7.41. The number of rotatable bonds is 6. The van der Waals surface area contributed by atoms with E-state index in [1.165, 1.54) is 11.8 Å². The molecule has 1 rings (SSSR count). The molecule has 1 aliphatic rings. The first kappa shape index (κ1) is 17.9.